The Kier molecular flexibility index (Phi) is 4.62. The molecule has 1 unspecified atom stereocenters. The molecule has 2 fully saturated rings. The quantitative estimate of drug-likeness (QED) is 0.784. The molecule has 4 heteroatoms. The summed E-state index contributed by atoms with van der Waals surface area (Å²) in [5, 5.41) is 12.2. The number of carboxylic acids is 1. The predicted molar refractivity (Wildman–Crippen MR) is 71.7 cm³/mol. The van der Waals surface area contributed by atoms with E-state index in [0.29, 0.717) is 12.0 Å². The number of nitrogens with zero attached hydrogens (tertiary/aromatic N) is 1. The van der Waals surface area contributed by atoms with E-state index in [0.717, 1.165) is 19.6 Å². The molecule has 2 aliphatic rings. The summed E-state index contributed by atoms with van der Waals surface area (Å²) in [6.45, 7) is 5.48. The van der Waals surface area contributed by atoms with E-state index in [-0.39, 0.29) is 0 Å². The number of carbonyl (C=O) groups is 1. The van der Waals surface area contributed by atoms with Gasteiger partial charge in [-0.05, 0) is 50.7 Å². The van der Waals surface area contributed by atoms with E-state index in [1.165, 1.54) is 38.5 Å². The third-order valence-electron chi connectivity index (χ3n) is 4.77. The minimum Gasteiger partial charge on any atom is -0.480 e. The number of hydrogen-bond acceptors (Lipinski definition) is 3. The average Bonchev–Trinajstić information content (AvgIpc) is 2.80. The molecular weight excluding hydrogens is 228 g/mol. The van der Waals surface area contributed by atoms with E-state index in [1.54, 1.807) is 0 Å². The van der Waals surface area contributed by atoms with Crippen molar-refractivity contribution >= 4 is 5.97 Å². The molecule has 0 aromatic carbocycles. The topological polar surface area (TPSA) is 52.6 Å². The van der Waals surface area contributed by atoms with Crippen molar-refractivity contribution in [3.8, 4) is 0 Å². The van der Waals surface area contributed by atoms with Crippen LogP contribution in [-0.4, -0.2) is 48.2 Å². The number of piperidine rings is 1. The Morgan fingerprint density at radius 3 is 2.39 bits per heavy atom. The first-order chi connectivity index (χ1) is 8.65. The van der Waals surface area contributed by atoms with Crippen LogP contribution in [0, 0.1) is 5.41 Å². The second kappa shape index (κ2) is 6.02. The van der Waals surface area contributed by atoms with Crippen molar-refractivity contribution in [1.82, 2.24) is 10.2 Å². The number of nitrogens with one attached hydrogen (secondary N) is 1. The van der Waals surface area contributed by atoms with Crippen molar-refractivity contribution in [1.29, 1.82) is 0 Å². The van der Waals surface area contributed by atoms with Crippen molar-refractivity contribution in [3.05, 3.63) is 0 Å². The summed E-state index contributed by atoms with van der Waals surface area (Å²) in [5.74, 6) is -0.724. The van der Waals surface area contributed by atoms with Gasteiger partial charge >= 0.3 is 5.97 Å². The molecule has 1 heterocycles. The molecule has 2 N–H and O–H groups in total. The van der Waals surface area contributed by atoms with Crippen LogP contribution < -0.4 is 5.32 Å². The van der Waals surface area contributed by atoms with Crippen molar-refractivity contribution in [2.24, 2.45) is 5.41 Å². The van der Waals surface area contributed by atoms with E-state index in [2.05, 4.69) is 10.2 Å². The average molecular weight is 254 g/mol. The number of likely N-dealkylation sites (N-methyl/N-ethyl adjacent to an activating group) is 1. The minimum absolute atomic E-state index is 0.410. The maximum absolute atomic E-state index is 11.1. The molecule has 2 rings (SSSR count). The van der Waals surface area contributed by atoms with E-state index in [9.17, 15) is 4.79 Å². The summed E-state index contributed by atoms with van der Waals surface area (Å²) in [4.78, 5) is 13.4. The van der Waals surface area contributed by atoms with Crippen LogP contribution in [0.15, 0.2) is 0 Å². The third kappa shape index (κ3) is 3.23. The summed E-state index contributed by atoms with van der Waals surface area (Å²) < 4.78 is 0. The van der Waals surface area contributed by atoms with Crippen molar-refractivity contribution in [2.45, 2.75) is 51.5 Å². The van der Waals surface area contributed by atoms with Crippen LogP contribution in [0.25, 0.3) is 0 Å². The van der Waals surface area contributed by atoms with Gasteiger partial charge in [-0.15, -0.1) is 0 Å². The maximum atomic E-state index is 11.1. The Bertz CT molecular complexity index is 278. The van der Waals surface area contributed by atoms with Gasteiger partial charge in [0, 0.05) is 6.54 Å². The third-order valence-corrected chi connectivity index (χ3v) is 4.77. The summed E-state index contributed by atoms with van der Waals surface area (Å²) in [6.07, 6.45) is 8.13. The lowest BCUT2D eigenvalue weighted by Gasteiger charge is -2.40. The Morgan fingerprint density at radius 1 is 1.28 bits per heavy atom. The molecule has 1 atom stereocenters. The summed E-state index contributed by atoms with van der Waals surface area (Å²) in [6, 6.07) is -0.410. The van der Waals surface area contributed by atoms with Gasteiger partial charge in [-0.25, -0.2) is 0 Å². The van der Waals surface area contributed by atoms with Crippen LogP contribution in [0.5, 0.6) is 0 Å². The highest BCUT2D eigenvalue weighted by Crippen LogP contribution is 2.45. The zero-order chi connectivity index (χ0) is 13.0. The smallest absolute Gasteiger partial charge is 0.322 e. The predicted octanol–water partition coefficient (Wildman–Crippen LogP) is 1.71. The zero-order valence-electron chi connectivity index (χ0n) is 11.5. The molecule has 1 spiro atoms. The van der Waals surface area contributed by atoms with Gasteiger partial charge in [0.05, 0.1) is 0 Å². The first kappa shape index (κ1) is 13.8. The molecule has 4 nitrogen and oxygen atoms in total. The first-order valence-electron chi connectivity index (χ1n) is 7.34. The van der Waals surface area contributed by atoms with Gasteiger partial charge in [-0.2, -0.15) is 0 Å². The minimum atomic E-state index is -0.724. The number of likely N-dealkylation sites (tertiary alicyclic amines) is 1. The van der Waals surface area contributed by atoms with Gasteiger partial charge in [0.2, 0.25) is 0 Å². The lowest BCUT2D eigenvalue weighted by molar-refractivity contribution is -0.140. The second-order valence-electron chi connectivity index (χ2n) is 5.96. The molecule has 1 aliphatic heterocycles. The highest BCUT2D eigenvalue weighted by atomic mass is 16.4. The Morgan fingerprint density at radius 2 is 1.89 bits per heavy atom. The van der Waals surface area contributed by atoms with E-state index < -0.39 is 12.0 Å². The van der Waals surface area contributed by atoms with Gasteiger partial charge in [0.15, 0.2) is 0 Å². The highest BCUT2D eigenvalue weighted by Gasteiger charge is 2.37. The molecule has 1 saturated heterocycles. The van der Waals surface area contributed by atoms with Gasteiger partial charge in [0.25, 0.3) is 0 Å². The normalized spacial score (nSPS) is 25.4. The Hall–Kier alpha value is -0.610. The maximum Gasteiger partial charge on any atom is 0.322 e. The van der Waals surface area contributed by atoms with Gasteiger partial charge in [-0.1, -0.05) is 19.8 Å². The molecule has 0 aromatic heterocycles. The Balaban J connectivity index is 1.80. The summed E-state index contributed by atoms with van der Waals surface area (Å²) in [5.41, 5.74) is 0.618. The van der Waals surface area contributed by atoms with Crippen molar-refractivity contribution in [2.75, 3.05) is 26.2 Å². The van der Waals surface area contributed by atoms with Gasteiger partial charge in [-0.3, -0.25) is 4.79 Å². The van der Waals surface area contributed by atoms with Crippen LogP contribution >= 0.6 is 0 Å². The highest BCUT2D eigenvalue weighted by molar-refractivity contribution is 5.73. The molecule has 18 heavy (non-hydrogen) atoms. The van der Waals surface area contributed by atoms with E-state index >= 15 is 0 Å². The molecule has 0 amide bonds. The summed E-state index contributed by atoms with van der Waals surface area (Å²) >= 11 is 0. The molecule has 1 aliphatic carbocycles. The lowest BCUT2D eigenvalue weighted by Crippen LogP contribution is -2.49. The van der Waals surface area contributed by atoms with Crippen LogP contribution in [0.3, 0.4) is 0 Å². The van der Waals surface area contributed by atoms with Crippen LogP contribution in [0.4, 0.5) is 0 Å². The molecule has 0 bridgehead atoms. The molecule has 104 valence electrons. The molecule has 0 radical (unpaired) electrons. The fraction of sp³-hybridized carbons (Fsp3) is 0.929. The van der Waals surface area contributed by atoms with Gasteiger partial charge < -0.3 is 15.3 Å². The fourth-order valence-corrected chi connectivity index (χ4v) is 3.57. The van der Waals surface area contributed by atoms with E-state index in [1.807, 2.05) is 6.92 Å². The zero-order valence-corrected chi connectivity index (χ0v) is 11.5. The molecular formula is C14H26N2O2. The van der Waals surface area contributed by atoms with Crippen LogP contribution in [0.2, 0.25) is 0 Å². The lowest BCUT2D eigenvalue weighted by atomic mass is 9.77. The SMILES string of the molecule is CCNC(CN1CCC2(CCCC2)CC1)C(=O)O. The summed E-state index contributed by atoms with van der Waals surface area (Å²) in [7, 11) is 0. The van der Waals surface area contributed by atoms with Crippen molar-refractivity contribution < 1.29 is 9.90 Å². The number of hydrogen-bond donors (Lipinski definition) is 2. The molecule has 1 saturated carbocycles. The largest absolute Gasteiger partial charge is 0.480 e. The second-order valence-corrected chi connectivity index (χ2v) is 5.96. The number of aliphatic carboxylic acids is 1. The van der Waals surface area contributed by atoms with Crippen LogP contribution in [-0.2, 0) is 4.79 Å². The van der Waals surface area contributed by atoms with Gasteiger partial charge in [0.1, 0.15) is 6.04 Å². The van der Waals surface area contributed by atoms with Crippen LogP contribution in [0.1, 0.15) is 45.4 Å². The monoisotopic (exact) mass is 254 g/mol. The number of rotatable bonds is 5. The number of carboxylic acid groups (broad SMARTS) is 1. The Labute approximate surface area is 110 Å². The van der Waals surface area contributed by atoms with E-state index in [4.69, 9.17) is 5.11 Å². The standard InChI is InChI=1S/C14H26N2O2/c1-2-15-12(13(17)18)11-16-9-7-14(8-10-16)5-3-4-6-14/h12,15H,2-11H2,1H3,(H,17,18). The van der Waals surface area contributed by atoms with Crippen molar-refractivity contribution in [3.63, 3.8) is 0 Å². The first-order valence-corrected chi connectivity index (χ1v) is 7.34. The fourth-order valence-electron chi connectivity index (χ4n) is 3.57. The molecule has 0 aromatic rings.